The van der Waals surface area contributed by atoms with Crippen molar-refractivity contribution in [2.75, 3.05) is 25.4 Å². The van der Waals surface area contributed by atoms with Crippen molar-refractivity contribution in [3.63, 3.8) is 0 Å². The number of aromatic amines is 1. The molecule has 0 spiro atoms. The van der Waals surface area contributed by atoms with Gasteiger partial charge >= 0.3 is 0 Å². The van der Waals surface area contributed by atoms with Gasteiger partial charge in [-0.05, 0) is 13.3 Å². The first-order valence-electron chi connectivity index (χ1n) is 7.06. The Morgan fingerprint density at radius 1 is 1.36 bits per heavy atom. The van der Waals surface area contributed by atoms with Crippen molar-refractivity contribution in [3.8, 4) is 0 Å². The molecule has 4 N–H and O–H groups in total. The zero-order valence-corrected chi connectivity index (χ0v) is 14.1. The highest BCUT2D eigenvalue weighted by molar-refractivity contribution is 7.89. The number of sulfonamides is 1. The van der Waals surface area contributed by atoms with Crippen molar-refractivity contribution < 1.29 is 13.2 Å². The second-order valence-electron chi connectivity index (χ2n) is 4.86. The van der Waals surface area contributed by atoms with Crippen LogP contribution in [0.2, 0.25) is 0 Å². The van der Waals surface area contributed by atoms with Crippen LogP contribution in [0.5, 0.6) is 0 Å². The molecular weight excluding hydrogens is 330 g/mol. The maximum Gasteiger partial charge on any atom is 0.272 e. The van der Waals surface area contributed by atoms with Gasteiger partial charge in [-0.15, -0.1) is 12.4 Å². The summed E-state index contributed by atoms with van der Waals surface area (Å²) < 4.78 is 24.9. The van der Waals surface area contributed by atoms with Crippen LogP contribution in [0.1, 0.15) is 35.1 Å². The Morgan fingerprint density at radius 3 is 2.86 bits per heavy atom. The van der Waals surface area contributed by atoms with E-state index in [1.54, 1.807) is 6.92 Å². The van der Waals surface area contributed by atoms with Gasteiger partial charge in [0.1, 0.15) is 0 Å². The molecule has 1 aromatic heterocycles. The molecule has 1 aliphatic rings. The van der Waals surface area contributed by atoms with Gasteiger partial charge in [-0.2, -0.15) is 5.10 Å². The van der Waals surface area contributed by atoms with E-state index in [2.05, 4.69) is 25.6 Å². The van der Waals surface area contributed by atoms with Crippen LogP contribution in [0.25, 0.3) is 0 Å². The molecule has 1 aliphatic heterocycles. The molecule has 10 heteroatoms. The van der Waals surface area contributed by atoms with Gasteiger partial charge in [0.2, 0.25) is 10.0 Å². The number of hydrogen-bond acceptors (Lipinski definition) is 5. The lowest BCUT2D eigenvalue weighted by Crippen LogP contribution is -2.32. The maximum absolute atomic E-state index is 12.0. The normalized spacial score (nSPS) is 14.0. The molecule has 0 atom stereocenters. The third-order valence-electron chi connectivity index (χ3n) is 3.36. The summed E-state index contributed by atoms with van der Waals surface area (Å²) in [5.74, 6) is -0.166. The molecule has 0 aliphatic carbocycles. The Labute approximate surface area is 136 Å². The second-order valence-corrected chi connectivity index (χ2v) is 6.96. The van der Waals surface area contributed by atoms with Crippen molar-refractivity contribution in [3.05, 3.63) is 17.0 Å². The molecular formula is C12H22ClN5O3S. The fourth-order valence-corrected chi connectivity index (χ4v) is 2.78. The van der Waals surface area contributed by atoms with E-state index in [-0.39, 0.29) is 24.1 Å². The summed E-state index contributed by atoms with van der Waals surface area (Å²) in [4.78, 5) is 12.0. The van der Waals surface area contributed by atoms with Crippen LogP contribution in [0, 0.1) is 0 Å². The number of nitrogens with one attached hydrogen (secondary N) is 4. The number of halogens is 1. The van der Waals surface area contributed by atoms with Gasteiger partial charge in [-0.3, -0.25) is 9.89 Å². The zero-order chi connectivity index (χ0) is 15.3. The average molecular weight is 352 g/mol. The van der Waals surface area contributed by atoms with Gasteiger partial charge in [0.25, 0.3) is 5.91 Å². The summed E-state index contributed by atoms with van der Waals surface area (Å²) in [5, 5.41) is 12.9. The minimum absolute atomic E-state index is 0. The third-order valence-corrected chi connectivity index (χ3v) is 4.77. The van der Waals surface area contributed by atoms with Gasteiger partial charge in [0, 0.05) is 43.9 Å². The van der Waals surface area contributed by atoms with E-state index in [0.29, 0.717) is 31.7 Å². The minimum atomic E-state index is -3.16. The lowest BCUT2D eigenvalue weighted by molar-refractivity contribution is 0.0947. The quantitative estimate of drug-likeness (QED) is 0.496. The van der Waals surface area contributed by atoms with Crippen LogP contribution >= 0.6 is 12.4 Å². The third kappa shape index (κ3) is 4.94. The number of carbonyl (C=O) groups is 1. The Kier molecular flexibility index (Phi) is 7.27. The molecule has 1 aromatic rings. The molecule has 0 saturated heterocycles. The van der Waals surface area contributed by atoms with Crippen LogP contribution in [0.3, 0.4) is 0 Å². The van der Waals surface area contributed by atoms with Crippen molar-refractivity contribution in [1.29, 1.82) is 0 Å². The number of carbonyl (C=O) groups excluding carboxylic acids is 1. The zero-order valence-electron chi connectivity index (χ0n) is 12.4. The van der Waals surface area contributed by atoms with E-state index in [1.807, 2.05) is 0 Å². The van der Waals surface area contributed by atoms with Crippen molar-refractivity contribution in [1.82, 2.24) is 25.6 Å². The first kappa shape index (κ1) is 18.9. The minimum Gasteiger partial charge on any atom is -0.351 e. The van der Waals surface area contributed by atoms with Gasteiger partial charge in [-0.25, -0.2) is 13.1 Å². The second kappa shape index (κ2) is 8.47. The fourth-order valence-electron chi connectivity index (χ4n) is 2.12. The highest BCUT2D eigenvalue weighted by atomic mass is 35.5. The van der Waals surface area contributed by atoms with Crippen LogP contribution in [0.4, 0.5) is 0 Å². The van der Waals surface area contributed by atoms with E-state index >= 15 is 0 Å². The molecule has 0 saturated carbocycles. The molecule has 8 nitrogen and oxygen atoms in total. The summed E-state index contributed by atoms with van der Waals surface area (Å²) in [5.41, 5.74) is 2.35. The van der Waals surface area contributed by atoms with Crippen molar-refractivity contribution in [2.24, 2.45) is 0 Å². The Hall–Kier alpha value is -1.16. The van der Waals surface area contributed by atoms with Crippen LogP contribution in [-0.2, 0) is 23.0 Å². The molecule has 126 valence electrons. The van der Waals surface area contributed by atoms with E-state index < -0.39 is 10.0 Å². The number of fused-ring (bicyclic) bond motifs is 1. The number of hydrogen-bond donors (Lipinski definition) is 4. The van der Waals surface area contributed by atoms with Crippen molar-refractivity contribution in [2.45, 2.75) is 26.3 Å². The number of nitrogens with zero attached hydrogens (tertiary/aromatic N) is 1. The topological polar surface area (TPSA) is 116 Å². The summed E-state index contributed by atoms with van der Waals surface area (Å²) in [6.45, 7) is 3.83. The molecule has 0 unspecified atom stereocenters. The van der Waals surface area contributed by atoms with E-state index in [9.17, 15) is 13.2 Å². The van der Waals surface area contributed by atoms with E-state index in [1.165, 1.54) is 0 Å². The predicted molar refractivity (Wildman–Crippen MR) is 85.7 cm³/mol. The monoisotopic (exact) mass is 351 g/mol. The largest absolute Gasteiger partial charge is 0.351 e. The average Bonchev–Trinajstić information content (AvgIpc) is 2.90. The predicted octanol–water partition coefficient (Wildman–Crippen LogP) is -0.464. The number of H-pyrrole nitrogens is 1. The first-order chi connectivity index (χ1) is 10.0. The van der Waals surface area contributed by atoms with Gasteiger partial charge in [0.15, 0.2) is 5.69 Å². The Bertz CT molecular complexity index is 602. The van der Waals surface area contributed by atoms with E-state index in [4.69, 9.17) is 0 Å². The summed E-state index contributed by atoms with van der Waals surface area (Å²) in [7, 11) is -3.16. The molecule has 0 bridgehead atoms. The molecule has 22 heavy (non-hydrogen) atoms. The van der Waals surface area contributed by atoms with Gasteiger partial charge in [-0.1, -0.05) is 0 Å². The highest BCUT2D eigenvalue weighted by Gasteiger charge is 2.21. The smallest absolute Gasteiger partial charge is 0.272 e. The molecule has 0 radical (unpaired) electrons. The van der Waals surface area contributed by atoms with Crippen LogP contribution in [-0.4, -0.2) is 49.9 Å². The fraction of sp³-hybridized carbons (Fsp3) is 0.667. The highest BCUT2D eigenvalue weighted by Crippen LogP contribution is 2.14. The first-order valence-corrected chi connectivity index (χ1v) is 8.71. The Balaban J connectivity index is 0.00000242. The number of aromatic nitrogens is 2. The molecule has 0 fully saturated rings. The van der Waals surface area contributed by atoms with Gasteiger partial charge < -0.3 is 10.6 Å². The van der Waals surface area contributed by atoms with Gasteiger partial charge in [0.05, 0.1) is 5.75 Å². The summed E-state index contributed by atoms with van der Waals surface area (Å²) in [6, 6.07) is 0. The standard InChI is InChI=1S/C12H21N5O3S.ClH/c1-2-21(19,20)15-6-3-5-14-12(18)11-9-8-13-7-4-10(9)16-17-11;/h13,15H,2-8H2,1H3,(H,14,18)(H,16,17);1H. The maximum atomic E-state index is 12.0. The number of rotatable bonds is 7. The summed E-state index contributed by atoms with van der Waals surface area (Å²) in [6.07, 6.45) is 1.38. The molecule has 0 aromatic carbocycles. The Morgan fingerprint density at radius 2 is 2.14 bits per heavy atom. The lowest BCUT2D eigenvalue weighted by atomic mass is 10.1. The summed E-state index contributed by atoms with van der Waals surface area (Å²) >= 11 is 0. The molecule has 1 amide bonds. The SMILES string of the molecule is CCS(=O)(=O)NCCCNC(=O)c1n[nH]c2c1CNCC2.Cl. The molecule has 2 rings (SSSR count). The van der Waals surface area contributed by atoms with Crippen LogP contribution < -0.4 is 15.4 Å². The number of amides is 1. The van der Waals surface area contributed by atoms with Crippen molar-refractivity contribution >= 4 is 28.3 Å². The van der Waals surface area contributed by atoms with E-state index in [0.717, 1.165) is 24.2 Å². The lowest BCUT2D eigenvalue weighted by Gasteiger charge is -2.12. The molecule has 2 heterocycles. The van der Waals surface area contributed by atoms with Crippen LogP contribution in [0.15, 0.2) is 0 Å².